The van der Waals surface area contributed by atoms with E-state index in [-0.39, 0.29) is 28.8 Å². The van der Waals surface area contributed by atoms with Crippen molar-refractivity contribution in [1.29, 1.82) is 0 Å². The Hall–Kier alpha value is -4.05. The van der Waals surface area contributed by atoms with Crippen molar-refractivity contribution >= 4 is 27.5 Å². The molecule has 2 amide bonds. The molecule has 0 heterocycles. The number of likely N-dealkylation sites (N-methyl/N-ethyl adjacent to an activating group) is 1. The first-order chi connectivity index (χ1) is 19.0. The molecule has 1 atom stereocenters. The number of nitrogens with zero attached hydrogens (tertiary/aromatic N) is 2. The second-order valence-electron chi connectivity index (χ2n) is 9.44. The molecule has 0 aromatic heterocycles. The van der Waals surface area contributed by atoms with E-state index in [1.54, 1.807) is 38.1 Å². The molecule has 0 saturated carbocycles. The van der Waals surface area contributed by atoms with Crippen molar-refractivity contribution in [3.05, 3.63) is 83.4 Å². The minimum absolute atomic E-state index is 0.0117. The maximum absolute atomic E-state index is 14.1. The monoisotopic (exact) mass is 567 g/mol. The number of nitrogens with one attached hydrogen (secondary N) is 1. The Morgan fingerprint density at radius 1 is 0.900 bits per heavy atom. The number of amides is 2. The molecule has 0 aliphatic rings. The molecule has 0 radical (unpaired) electrons. The largest absolute Gasteiger partial charge is 0.497 e. The van der Waals surface area contributed by atoms with Crippen LogP contribution in [0.1, 0.15) is 30.5 Å². The van der Waals surface area contributed by atoms with E-state index >= 15 is 0 Å². The van der Waals surface area contributed by atoms with Gasteiger partial charge in [-0.15, -0.1) is 0 Å². The number of carbonyl (C=O) groups excluding carboxylic acids is 2. The van der Waals surface area contributed by atoms with Gasteiger partial charge in [0, 0.05) is 19.2 Å². The van der Waals surface area contributed by atoms with Gasteiger partial charge in [0.15, 0.2) is 0 Å². The first-order valence-corrected chi connectivity index (χ1v) is 14.4. The van der Waals surface area contributed by atoms with Gasteiger partial charge in [-0.2, -0.15) is 0 Å². The molecule has 0 aliphatic carbocycles. The number of benzene rings is 3. The van der Waals surface area contributed by atoms with E-state index in [0.29, 0.717) is 12.3 Å². The molecule has 3 rings (SSSR count). The van der Waals surface area contributed by atoms with E-state index in [4.69, 9.17) is 9.47 Å². The molecule has 214 valence electrons. The fraction of sp³-hybridized carbons (Fsp3) is 0.333. The van der Waals surface area contributed by atoms with E-state index in [2.05, 4.69) is 5.32 Å². The number of hydrogen-bond acceptors (Lipinski definition) is 6. The van der Waals surface area contributed by atoms with Crippen molar-refractivity contribution in [2.75, 3.05) is 31.6 Å². The lowest BCUT2D eigenvalue weighted by atomic mass is 10.1. The first-order valence-electron chi connectivity index (χ1n) is 13.0. The van der Waals surface area contributed by atoms with Crippen LogP contribution in [-0.4, -0.2) is 58.5 Å². The fourth-order valence-electron chi connectivity index (χ4n) is 4.14. The molecule has 0 fully saturated rings. The Morgan fingerprint density at radius 3 is 2.05 bits per heavy atom. The van der Waals surface area contributed by atoms with Gasteiger partial charge in [0.25, 0.3) is 10.0 Å². The third-order valence-corrected chi connectivity index (χ3v) is 8.31. The molecule has 1 unspecified atom stereocenters. The highest BCUT2D eigenvalue weighted by Crippen LogP contribution is 2.36. The van der Waals surface area contributed by atoms with Crippen LogP contribution in [0.25, 0.3) is 0 Å². The van der Waals surface area contributed by atoms with Gasteiger partial charge in [-0.3, -0.25) is 13.9 Å². The normalized spacial score (nSPS) is 11.8. The van der Waals surface area contributed by atoms with Crippen molar-refractivity contribution in [2.45, 2.75) is 45.2 Å². The van der Waals surface area contributed by atoms with Gasteiger partial charge in [-0.25, -0.2) is 8.42 Å². The van der Waals surface area contributed by atoms with Gasteiger partial charge in [0.2, 0.25) is 11.8 Å². The number of methoxy groups -OCH3 is 2. The van der Waals surface area contributed by atoms with Crippen molar-refractivity contribution in [3.8, 4) is 11.5 Å². The molecular weight excluding hydrogens is 530 g/mol. The van der Waals surface area contributed by atoms with Crippen LogP contribution in [0.3, 0.4) is 0 Å². The number of rotatable bonds is 12. The summed E-state index contributed by atoms with van der Waals surface area (Å²) in [6.45, 7) is 7.17. The number of carbonyl (C=O) groups is 2. The zero-order valence-electron chi connectivity index (χ0n) is 23.8. The summed E-state index contributed by atoms with van der Waals surface area (Å²) in [7, 11) is -1.36. The molecule has 0 bridgehead atoms. The van der Waals surface area contributed by atoms with Gasteiger partial charge < -0.3 is 19.7 Å². The second-order valence-corrected chi connectivity index (χ2v) is 11.3. The average Bonchev–Trinajstić information content (AvgIpc) is 2.95. The number of aryl methyl sites for hydroxylation is 2. The van der Waals surface area contributed by atoms with Gasteiger partial charge in [-0.05, 0) is 57.5 Å². The van der Waals surface area contributed by atoms with Crippen LogP contribution in [0, 0.1) is 13.8 Å². The number of hydrogen-bond donors (Lipinski definition) is 1. The Balaban J connectivity index is 2.12. The highest BCUT2D eigenvalue weighted by Gasteiger charge is 2.34. The van der Waals surface area contributed by atoms with E-state index in [0.717, 1.165) is 21.0 Å². The van der Waals surface area contributed by atoms with E-state index in [1.807, 2.05) is 38.1 Å². The molecular formula is C30H37N3O6S. The lowest BCUT2D eigenvalue weighted by molar-refractivity contribution is -0.139. The molecule has 1 N–H and O–H groups in total. The van der Waals surface area contributed by atoms with Crippen LogP contribution in [0.2, 0.25) is 0 Å². The van der Waals surface area contributed by atoms with E-state index in [1.165, 1.54) is 37.3 Å². The quantitative estimate of drug-likeness (QED) is 0.354. The van der Waals surface area contributed by atoms with E-state index < -0.39 is 28.5 Å². The van der Waals surface area contributed by atoms with Crippen LogP contribution in [0.4, 0.5) is 5.69 Å². The van der Waals surface area contributed by atoms with Gasteiger partial charge in [0.1, 0.15) is 24.1 Å². The van der Waals surface area contributed by atoms with Gasteiger partial charge in [0.05, 0.1) is 24.8 Å². The van der Waals surface area contributed by atoms with Crippen LogP contribution >= 0.6 is 0 Å². The molecule has 40 heavy (non-hydrogen) atoms. The molecule has 0 aliphatic heterocycles. The minimum atomic E-state index is -4.24. The lowest BCUT2D eigenvalue weighted by Crippen LogP contribution is -2.51. The Bertz CT molecular complexity index is 1420. The summed E-state index contributed by atoms with van der Waals surface area (Å²) >= 11 is 0. The van der Waals surface area contributed by atoms with Crippen molar-refractivity contribution in [1.82, 2.24) is 10.2 Å². The second kappa shape index (κ2) is 13.3. The van der Waals surface area contributed by atoms with Crippen LogP contribution in [-0.2, 0) is 26.2 Å². The third kappa shape index (κ3) is 7.12. The molecule has 3 aromatic carbocycles. The van der Waals surface area contributed by atoms with Crippen molar-refractivity contribution in [3.63, 3.8) is 0 Å². The number of ether oxygens (including phenoxy) is 2. The summed E-state index contributed by atoms with van der Waals surface area (Å²) in [5.74, 6) is -0.263. The highest BCUT2D eigenvalue weighted by molar-refractivity contribution is 7.92. The summed E-state index contributed by atoms with van der Waals surface area (Å²) in [6, 6.07) is 17.9. The summed E-state index contributed by atoms with van der Waals surface area (Å²) in [5.41, 5.74) is 2.89. The smallest absolute Gasteiger partial charge is 0.264 e. The average molecular weight is 568 g/mol. The van der Waals surface area contributed by atoms with Crippen molar-refractivity contribution in [2.24, 2.45) is 0 Å². The zero-order valence-corrected chi connectivity index (χ0v) is 24.6. The van der Waals surface area contributed by atoms with E-state index in [9.17, 15) is 18.0 Å². The van der Waals surface area contributed by atoms with Crippen molar-refractivity contribution < 1.29 is 27.5 Å². The van der Waals surface area contributed by atoms with Crippen LogP contribution in [0.5, 0.6) is 11.5 Å². The SMILES string of the molecule is CCNC(=O)C(C)N(Cc1ccc(C)cc1)C(=O)CN(c1cc(OC)ccc1OC)S(=O)(=O)c1ccc(C)cc1. The summed E-state index contributed by atoms with van der Waals surface area (Å²) < 4.78 is 40.0. The summed E-state index contributed by atoms with van der Waals surface area (Å²) in [5, 5.41) is 2.75. The fourth-order valence-corrected chi connectivity index (χ4v) is 5.55. The molecule has 9 nitrogen and oxygen atoms in total. The molecule has 0 spiro atoms. The Morgan fingerprint density at radius 2 is 1.50 bits per heavy atom. The molecule has 0 saturated heterocycles. The molecule has 3 aromatic rings. The highest BCUT2D eigenvalue weighted by atomic mass is 32.2. The summed E-state index contributed by atoms with van der Waals surface area (Å²) in [6.07, 6.45) is 0. The lowest BCUT2D eigenvalue weighted by Gasteiger charge is -2.32. The maximum Gasteiger partial charge on any atom is 0.264 e. The van der Waals surface area contributed by atoms with Gasteiger partial charge in [-0.1, -0.05) is 47.5 Å². The number of anilines is 1. The predicted molar refractivity (Wildman–Crippen MR) is 155 cm³/mol. The van der Waals surface area contributed by atoms with Crippen LogP contribution in [0.15, 0.2) is 71.6 Å². The maximum atomic E-state index is 14.1. The summed E-state index contributed by atoms with van der Waals surface area (Å²) in [4.78, 5) is 28.3. The third-order valence-electron chi connectivity index (χ3n) is 6.53. The zero-order chi connectivity index (χ0) is 29.4. The standard InChI is InChI=1S/C30H37N3O6S/c1-7-31-30(35)23(4)32(19-24-12-8-21(2)9-13-24)29(34)20-33(27-18-25(38-5)14-17-28(27)39-6)40(36,37)26-15-10-22(3)11-16-26/h8-18,23H,7,19-20H2,1-6H3,(H,31,35). The Kier molecular flexibility index (Phi) is 10.2. The van der Waals surface area contributed by atoms with Gasteiger partial charge >= 0.3 is 0 Å². The topological polar surface area (TPSA) is 105 Å². The molecule has 10 heteroatoms. The predicted octanol–water partition coefficient (Wildman–Crippen LogP) is 4.07. The number of sulfonamides is 1. The first kappa shape index (κ1) is 30.5. The van der Waals surface area contributed by atoms with Crippen LogP contribution < -0.4 is 19.1 Å². The minimum Gasteiger partial charge on any atom is -0.497 e. The Labute approximate surface area is 236 Å².